The zero-order valence-electron chi connectivity index (χ0n) is 14.0. The Morgan fingerprint density at radius 3 is 2.69 bits per heavy atom. The lowest BCUT2D eigenvalue weighted by molar-refractivity contribution is 0.0951. The van der Waals surface area contributed by atoms with Gasteiger partial charge < -0.3 is 5.32 Å². The third-order valence-corrected chi connectivity index (χ3v) is 5.64. The molecule has 0 aliphatic carbocycles. The van der Waals surface area contributed by atoms with Crippen LogP contribution in [0.2, 0.25) is 0 Å². The monoisotopic (exact) mass is 380 g/mol. The van der Waals surface area contributed by atoms with Gasteiger partial charge in [0.15, 0.2) is 0 Å². The SMILES string of the molecule is Cc1csc(CNC(=O)c2cn(-c3ccccc3)nc2-c2cccs2)n1. The van der Waals surface area contributed by atoms with Gasteiger partial charge in [-0.25, -0.2) is 9.67 Å². The van der Waals surface area contributed by atoms with E-state index < -0.39 is 0 Å². The van der Waals surface area contributed by atoms with Crippen molar-refractivity contribution in [2.24, 2.45) is 0 Å². The summed E-state index contributed by atoms with van der Waals surface area (Å²) >= 11 is 3.11. The van der Waals surface area contributed by atoms with Crippen LogP contribution in [-0.2, 0) is 6.54 Å². The standard InChI is InChI=1S/C19H16N4OS2/c1-13-12-26-17(21-13)10-20-19(24)15-11-23(14-6-3-2-4-7-14)22-18(15)16-8-5-9-25-16/h2-9,11-12H,10H2,1H3,(H,20,24). The molecule has 0 unspecified atom stereocenters. The lowest BCUT2D eigenvalue weighted by atomic mass is 10.2. The average molecular weight is 380 g/mol. The molecule has 130 valence electrons. The fourth-order valence-electron chi connectivity index (χ4n) is 2.58. The minimum atomic E-state index is -0.150. The number of thiophene rings is 1. The first-order valence-corrected chi connectivity index (χ1v) is 9.85. The molecule has 0 saturated heterocycles. The second kappa shape index (κ2) is 7.23. The molecule has 7 heteroatoms. The highest BCUT2D eigenvalue weighted by atomic mass is 32.1. The van der Waals surface area contributed by atoms with Gasteiger partial charge in [-0.05, 0) is 30.5 Å². The van der Waals surface area contributed by atoms with E-state index in [0.29, 0.717) is 17.8 Å². The van der Waals surface area contributed by atoms with Crippen LogP contribution in [0.5, 0.6) is 0 Å². The van der Waals surface area contributed by atoms with E-state index in [1.54, 1.807) is 33.6 Å². The summed E-state index contributed by atoms with van der Waals surface area (Å²) in [4.78, 5) is 18.2. The zero-order valence-corrected chi connectivity index (χ0v) is 15.7. The normalized spacial score (nSPS) is 10.8. The van der Waals surface area contributed by atoms with Crippen LogP contribution in [0.4, 0.5) is 0 Å². The summed E-state index contributed by atoms with van der Waals surface area (Å²) in [6.45, 7) is 2.36. The summed E-state index contributed by atoms with van der Waals surface area (Å²) in [6.07, 6.45) is 1.78. The number of nitrogens with zero attached hydrogens (tertiary/aromatic N) is 3. The van der Waals surface area contributed by atoms with Gasteiger partial charge in [-0.3, -0.25) is 4.79 Å². The summed E-state index contributed by atoms with van der Waals surface area (Å²) < 4.78 is 1.75. The molecule has 1 amide bonds. The summed E-state index contributed by atoms with van der Waals surface area (Å²) in [7, 11) is 0. The average Bonchev–Trinajstić information content (AvgIpc) is 3.40. The molecule has 3 aromatic heterocycles. The summed E-state index contributed by atoms with van der Waals surface area (Å²) in [6, 6.07) is 13.7. The number of hydrogen-bond acceptors (Lipinski definition) is 5. The van der Waals surface area contributed by atoms with Crippen LogP contribution in [0, 0.1) is 6.92 Å². The molecule has 0 spiro atoms. The van der Waals surface area contributed by atoms with E-state index in [9.17, 15) is 4.79 Å². The maximum Gasteiger partial charge on any atom is 0.255 e. The molecule has 26 heavy (non-hydrogen) atoms. The predicted molar refractivity (Wildman–Crippen MR) is 105 cm³/mol. The van der Waals surface area contributed by atoms with Crippen molar-refractivity contribution in [3.63, 3.8) is 0 Å². The highest BCUT2D eigenvalue weighted by Crippen LogP contribution is 2.27. The van der Waals surface area contributed by atoms with Gasteiger partial charge in [0.2, 0.25) is 0 Å². The van der Waals surface area contributed by atoms with Crippen molar-refractivity contribution in [2.75, 3.05) is 0 Å². The Balaban J connectivity index is 1.65. The Hall–Kier alpha value is -2.77. The van der Waals surface area contributed by atoms with Crippen LogP contribution in [0.25, 0.3) is 16.3 Å². The number of benzene rings is 1. The molecule has 3 heterocycles. The molecular formula is C19H16N4OS2. The number of para-hydroxylation sites is 1. The smallest absolute Gasteiger partial charge is 0.255 e. The summed E-state index contributed by atoms with van der Waals surface area (Å²) in [5.74, 6) is -0.150. The molecule has 1 aromatic carbocycles. The number of nitrogens with one attached hydrogen (secondary N) is 1. The minimum absolute atomic E-state index is 0.150. The number of aromatic nitrogens is 3. The second-order valence-electron chi connectivity index (χ2n) is 5.71. The Kier molecular flexibility index (Phi) is 4.64. The topological polar surface area (TPSA) is 59.8 Å². The first-order valence-electron chi connectivity index (χ1n) is 8.09. The molecule has 4 aromatic rings. The lowest BCUT2D eigenvalue weighted by Gasteiger charge is -2.02. The van der Waals surface area contributed by atoms with Gasteiger partial charge in [0.05, 0.1) is 22.7 Å². The van der Waals surface area contributed by atoms with E-state index in [1.165, 1.54) is 0 Å². The van der Waals surface area contributed by atoms with Gasteiger partial charge >= 0.3 is 0 Å². The van der Waals surface area contributed by atoms with Gasteiger partial charge in [-0.2, -0.15) is 5.10 Å². The van der Waals surface area contributed by atoms with Crippen LogP contribution >= 0.6 is 22.7 Å². The Morgan fingerprint density at radius 1 is 1.15 bits per heavy atom. The quantitative estimate of drug-likeness (QED) is 0.562. The maximum atomic E-state index is 12.8. The third-order valence-electron chi connectivity index (χ3n) is 3.80. The molecule has 1 N–H and O–H groups in total. The summed E-state index contributed by atoms with van der Waals surface area (Å²) in [5, 5.41) is 12.5. The molecule has 4 rings (SSSR count). The van der Waals surface area contributed by atoms with Crippen molar-refractivity contribution >= 4 is 28.6 Å². The van der Waals surface area contributed by atoms with Crippen LogP contribution in [0.3, 0.4) is 0 Å². The number of thiazole rings is 1. The minimum Gasteiger partial charge on any atom is -0.345 e. The molecule has 0 fully saturated rings. The first-order chi connectivity index (χ1) is 12.7. The van der Waals surface area contributed by atoms with Crippen molar-refractivity contribution in [1.82, 2.24) is 20.1 Å². The predicted octanol–water partition coefficient (Wildman–Crippen LogP) is 4.30. The van der Waals surface area contributed by atoms with Crippen LogP contribution in [-0.4, -0.2) is 20.7 Å². The fourth-order valence-corrected chi connectivity index (χ4v) is 4.02. The van der Waals surface area contributed by atoms with Crippen LogP contribution in [0.15, 0.2) is 59.4 Å². The lowest BCUT2D eigenvalue weighted by Crippen LogP contribution is -2.22. The van der Waals surface area contributed by atoms with Crippen molar-refractivity contribution < 1.29 is 4.79 Å². The highest BCUT2D eigenvalue weighted by molar-refractivity contribution is 7.13. The maximum absolute atomic E-state index is 12.8. The molecular weight excluding hydrogens is 364 g/mol. The number of carbonyl (C=O) groups is 1. The van der Waals surface area contributed by atoms with E-state index in [1.807, 2.05) is 60.1 Å². The number of hydrogen-bond donors (Lipinski definition) is 1. The van der Waals surface area contributed by atoms with E-state index in [0.717, 1.165) is 21.3 Å². The zero-order chi connectivity index (χ0) is 17.9. The van der Waals surface area contributed by atoms with E-state index >= 15 is 0 Å². The number of aryl methyl sites for hydroxylation is 1. The third kappa shape index (κ3) is 3.44. The van der Waals surface area contributed by atoms with E-state index in [2.05, 4.69) is 15.4 Å². The second-order valence-corrected chi connectivity index (χ2v) is 7.60. The van der Waals surface area contributed by atoms with Gasteiger partial charge in [0.25, 0.3) is 5.91 Å². The summed E-state index contributed by atoms with van der Waals surface area (Å²) in [5.41, 5.74) is 3.14. The number of amides is 1. The largest absolute Gasteiger partial charge is 0.345 e. The van der Waals surface area contributed by atoms with Crippen molar-refractivity contribution in [3.05, 3.63) is 75.7 Å². The van der Waals surface area contributed by atoms with Crippen molar-refractivity contribution in [3.8, 4) is 16.3 Å². The number of rotatable bonds is 5. The van der Waals surface area contributed by atoms with E-state index in [4.69, 9.17) is 0 Å². The van der Waals surface area contributed by atoms with Gasteiger partial charge in [-0.15, -0.1) is 22.7 Å². The number of carbonyl (C=O) groups excluding carboxylic acids is 1. The molecule has 0 bridgehead atoms. The van der Waals surface area contributed by atoms with Crippen LogP contribution in [0.1, 0.15) is 21.1 Å². The fraction of sp³-hybridized carbons (Fsp3) is 0.105. The molecule has 0 atom stereocenters. The van der Waals surface area contributed by atoms with Crippen molar-refractivity contribution in [1.29, 1.82) is 0 Å². The van der Waals surface area contributed by atoms with Gasteiger partial charge in [0, 0.05) is 17.3 Å². The molecule has 0 saturated carbocycles. The van der Waals surface area contributed by atoms with Gasteiger partial charge in [0.1, 0.15) is 10.7 Å². The molecule has 5 nitrogen and oxygen atoms in total. The first kappa shape index (κ1) is 16.7. The Morgan fingerprint density at radius 2 is 2.00 bits per heavy atom. The highest BCUT2D eigenvalue weighted by Gasteiger charge is 2.19. The molecule has 0 radical (unpaired) electrons. The Bertz CT molecular complexity index is 1020. The van der Waals surface area contributed by atoms with Crippen LogP contribution < -0.4 is 5.32 Å². The molecule has 0 aliphatic heterocycles. The Labute approximate surface area is 159 Å². The molecule has 0 aliphatic rings. The van der Waals surface area contributed by atoms with Crippen molar-refractivity contribution in [2.45, 2.75) is 13.5 Å². The van der Waals surface area contributed by atoms with Gasteiger partial charge in [-0.1, -0.05) is 24.3 Å². The van der Waals surface area contributed by atoms with E-state index in [-0.39, 0.29) is 5.91 Å².